The zero-order valence-corrected chi connectivity index (χ0v) is 13.2. The SMILES string of the molecule is CC(O)CNC(=O)c1cc([N+](=O)[O-])ccc1NCc1ccccc1. The van der Waals surface area contributed by atoms with E-state index in [0.29, 0.717) is 12.2 Å². The third kappa shape index (κ3) is 4.79. The van der Waals surface area contributed by atoms with Crippen LogP contribution in [0.25, 0.3) is 0 Å². The molecule has 0 radical (unpaired) electrons. The van der Waals surface area contributed by atoms with Crippen LogP contribution in [0, 0.1) is 10.1 Å². The highest BCUT2D eigenvalue weighted by Gasteiger charge is 2.17. The van der Waals surface area contributed by atoms with E-state index >= 15 is 0 Å². The van der Waals surface area contributed by atoms with Crippen LogP contribution in [0.2, 0.25) is 0 Å². The van der Waals surface area contributed by atoms with Crippen molar-refractivity contribution in [2.45, 2.75) is 19.6 Å². The molecule has 0 aliphatic heterocycles. The number of aliphatic hydroxyl groups is 1. The van der Waals surface area contributed by atoms with Gasteiger partial charge in [0.1, 0.15) is 0 Å². The molecule has 0 aliphatic carbocycles. The van der Waals surface area contributed by atoms with Gasteiger partial charge in [-0.25, -0.2) is 0 Å². The van der Waals surface area contributed by atoms with Gasteiger partial charge in [0.15, 0.2) is 0 Å². The van der Waals surface area contributed by atoms with Gasteiger partial charge in [-0.2, -0.15) is 0 Å². The molecule has 0 spiro atoms. The van der Waals surface area contributed by atoms with Gasteiger partial charge < -0.3 is 15.7 Å². The van der Waals surface area contributed by atoms with E-state index in [1.807, 2.05) is 30.3 Å². The van der Waals surface area contributed by atoms with E-state index in [2.05, 4.69) is 10.6 Å². The van der Waals surface area contributed by atoms with Crippen LogP contribution >= 0.6 is 0 Å². The van der Waals surface area contributed by atoms with E-state index in [9.17, 15) is 20.0 Å². The fraction of sp³-hybridized carbons (Fsp3) is 0.235. The van der Waals surface area contributed by atoms with Crippen LogP contribution < -0.4 is 10.6 Å². The summed E-state index contributed by atoms with van der Waals surface area (Å²) in [6, 6.07) is 13.7. The first kappa shape index (κ1) is 17.4. The number of rotatable bonds is 7. The van der Waals surface area contributed by atoms with Gasteiger partial charge in [0.05, 0.1) is 16.6 Å². The van der Waals surface area contributed by atoms with Crippen LogP contribution in [0.5, 0.6) is 0 Å². The maximum atomic E-state index is 12.3. The van der Waals surface area contributed by atoms with Gasteiger partial charge in [-0.05, 0) is 18.6 Å². The van der Waals surface area contributed by atoms with Crippen LogP contribution in [-0.2, 0) is 6.54 Å². The first-order valence-electron chi connectivity index (χ1n) is 7.50. The van der Waals surface area contributed by atoms with Crippen molar-refractivity contribution in [3.63, 3.8) is 0 Å². The van der Waals surface area contributed by atoms with Crippen LogP contribution in [0.1, 0.15) is 22.8 Å². The van der Waals surface area contributed by atoms with Gasteiger partial charge in [-0.3, -0.25) is 14.9 Å². The van der Waals surface area contributed by atoms with E-state index in [-0.39, 0.29) is 17.8 Å². The zero-order chi connectivity index (χ0) is 17.5. The maximum Gasteiger partial charge on any atom is 0.270 e. The Morgan fingerprint density at radius 3 is 2.58 bits per heavy atom. The fourth-order valence-electron chi connectivity index (χ4n) is 2.12. The average Bonchev–Trinajstić information content (AvgIpc) is 2.58. The highest BCUT2D eigenvalue weighted by Crippen LogP contribution is 2.23. The number of amides is 1. The number of anilines is 1. The summed E-state index contributed by atoms with van der Waals surface area (Å²) in [5.41, 5.74) is 1.52. The fourth-order valence-corrected chi connectivity index (χ4v) is 2.12. The predicted octanol–water partition coefficient (Wildman–Crippen LogP) is 2.32. The molecule has 1 amide bonds. The molecule has 1 unspecified atom stereocenters. The summed E-state index contributed by atoms with van der Waals surface area (Å²) in [6.45, 7) is 2.09. The molecule has 0 saturated carbocycles. The minimum Gasteiger partial charge on any atom is -0.392 e. The third-order valence-corrected chi connectivity index (χ3v) is 3.34. The van der Waals surface area contributed by atoms with Crippen molar-refractivity contribution >= 4 is 17.3 Å². The van der Waals surface area contributed by atoms with Crippen LogP contribution in [0.15, 0.2) is 48.5 Å². The summed E-state index contributed by atoms with van der Waals surface area (Å²) in [6.07, 6.45) is -0.701. The maximum absolute atomic E-state index is 12.3. The number of nitro benzene ring substituents is 1. The Morgan fingerprint density at radius 2 is 1.96 bits per heavy atom. The first-order valence-corrected chi connectivity index (χ1v) is 7.50. The number of non-ortho nitro benzene ring substituents is 1. The van der Waals surface area contributed by atoms with E-state index in [1.54, 1.807) is 6.92 Å². The molecule has 7 heteroatoms. The predicted molar refractivity (Wildman–Crippen MR) is 90.9 cm³/mol. The molecular weight excluding hydrogens is 310 g/mol. The summed E-state index contributed by atoms with van der Waals surface area (Å²) in [4.78, 5) is 22.7. The number of hydrogen-bond acceptors (Lipinski definition) is 5. The highest BCUT2D eigenvalue weighted by atomic mass is 16.6. The molecule has 0 fully saturated rings. The third-order valence-electron chi connectivity index (χ3n) is 3.34. The summed E-state index contributed by atoms with van der Waals surface area (Å²) in [5, 5.41) is 25.9. The standard InChI is InChI=1S/C17H19N3O4/c1-12(21)10-19-17(22)15-9-14(20(23)24)7-8-16(15)18-11-13-5-3-2-4-6-13/h2-9,12,18,21H,10-11H2,1H3,(H,19,22). The van der Waals surface area contributed by atoms with Crippen molar-refractivity contribution in [3.05, 3.63) is 69.8 Å². The summed E-state index contributed by atoms with van der Waals surface area (Å²) < 4.78 is 0. The molecule has 3 N–H and O–H groups in total. The molecule has 2 aromatic rings. The molecule has 0 heterocycles. The Balaban J connectivity index is 2.21. The summed E-state index contributed by atoms with van der Waals surface area (Å²) in [5.74, 6) is -0.477. The molecule has 7 nitrogen and oxygen atoms in total. The lowest BCUT2D eigenvalue weighted by atomic mass is 10.1. The van der Waals surface area contributed by atoms with Gasteiger partial charge in [-0.15, -0.1) is 0 Å². The number of nitro groups is 1. The monoisotopic (exact) mass is 329 g/mol. The Labute approximate surface area is 139 Å². The molecule has 2 aromatic carbocycles. The number of hydrogen-bond donors (Lipinski definition) is 3. The Hall–Kier alpha value is -2.93. The molecule has 0 saturated heterocycles. The summed E-state index contributed by atoms with van der Waals surface area (Å²) in [7, 11) is 0. The second-order valence-electron chi connectivity index (χ2n) is 5.39. The molecule has 126 valence electrons. The highest BCUT2D eigenvalue weighted by molar-refractivity contribution is 6.00. The summed E-state index contributed by atoms with van der Waals surface area (Å²) >= 11 is 0. The Morgan fingerprint density at radius 1 is 1.25 bits per heavy atom. The number of aliphatic hydroxyl groups excluding tert-OH is 1. The number of nitrogens with one attached hydrogen (secondary N) is 2. The van der Waals surface area contributed by atoms with Crippen LogP contribution in [0.3, 0.4) is 0 Å². The van der Waals surface area contributed by atoms with Gasteiger partial charge in [0.25, 0.3) is 11.6 Å². The van der Waals surface area contributed by atoms with E-state index in [0.717, 1.165) is 5.56 Å². The van der Waals surface area contributed by atoms with Crippen molar-refractivity contribution in [1.29, 1.82) is 0 Å². The Bertz CT molecular complexity index is 717. The molecule has 24 heavy (non-hydrogen) atoms. The average molecular weight is 329 g/mol. The second kappa shape index (κ2) is 8.07. The molecular formula is C17H19N3O4. The lowest BCUT2D eigenvalue weighted by Crippen LogP contribution is -2.31. The van der Waals surface area contributed by atoms with Gasteiger partial charge >= 0.3 is 0 Å². The molecule has 0 aliphatic rings. The van der Waals surface area contributed by atoms with E-state index < -0.39 is 16.9 Å². The number of benzene rings is 2. The Kier molecular flexibility index (Phi) is 5.86. The molecule has 0 aromatic heterocycles. The number of carbonyl (C=O) groups is 1. The molecule has 0 bridgehead atoms. The zero-order valence-electron chi connectivity index (χ0n) is 13.2. The van der Waals surface area contributed by atoms with Crippen molar-refractivity contribution < 1.29 is 14.8 Å². The number of carbonyl (C=O) groups excluding carboxylic acids is 1. The smallest absolute Gasteiger partial charge is 0.270 e. The number of nitrogens with zero attached hydrogens (tertiary/aromatic N) is 1. The molecule has 2 rings (SSSR count). The lowest BCUT2D eigenvalue weighted by molar-refractivity contribution is -0.384. The van der Waals surface area contributed by atoms with Gasteiger partial charge in [0.2, 0.25) is 0 Å². The lowest BCUT2D eigenvalue weighted by Gasteiger charge is -2.13. The van der Waals surface area contributed by atoms with Gasteiger partial charge in [-0.1, -0.05) is 30.3 Å². The largest absolute Gasteiger partial charge is 0.392 e. The van der Waals surface area contributed by atoms with Crippen LogP contribution in [-0.4, -0.2) is 28.6 Å². The molecule has 1 atom stereocenters. The quantitative estimate of drug-likeness (QED) is 0.534. The first-order chi connectivity index (χ1) is 11.5. The normalized spacial score (nSPS) is 11.6. The van der Waals surface area contributed by atoms with Crippen molar-refractivity contribution in [2.75, 3.05) is 11.9 Å². The minimum absolute atomic E-state index is 0.0691. The van der Waals surface area contributed by atoms with Crippen molar-refractivity contribution in [1.82, 2.24) is 5.32 Å². The minimum atomic E-state index is -0.701. The second-order valence-corrected chi connectivity index (χ2v) is 5.39. The van der Waals surface area contributed by atoms with Gasteiger partial charge in [0, 0.05) is 30.9 Å². The topological polar surface area (TPSA) is 104 Å². The van der Waals surface area contributed by atoms with E-state index in [1.165, 1.54) is 18.2 Å². The van der Waals surface area contributed by atoms with E-state index in [4.69, 9.17) is 0 Å². The van der Waals surface area contributed by atoms with Crippen LogP contribution in [0.4, 0.5) is 11.4 Å². The van der Waals surface area contributed by atoms with Crippen molar-refractivity contribution in [3.8, 4) is 0 Å². The van der Waals surface area contributed by atoms with Crippen molar-refractivity contribution in [2.24, 2.45) is 0 Å².